The highest BCUT2D eigenvalue weighted by Gasteiger charge is 2.54. The van der Waals surface area contributed by atoms with E-state index in [0.717, 1.165) is 28.9 Å². The Bertz CT molecular complexity index is 776. The largest absolute Gasteiger partial charge is 0.347 e. The molecule has 1 aliphatic heterocycles. The number of carbonyl (C=O) groups excluding carboxylic acids is 4. The summed E-state index contributed by atoms with van der Waals surface area (Å²) in [7, 11) is 3.16. The van der Waals surface area contributed by atoms with Crippen molar-refractivity contribution < 1.29 is 19.2 Å². The molecule has 26 heavy (non-hydrogen) atoms. The zero-order valence-electron chi connectivity index (χ0n) is 14.9. The quantitative estimate of drug-likeness (QED) is 0.739. The number of benzene rings is 1. The first-order valence-electron chi connectivity index (χ1n) is 8.54. The highest BCUT2D eigenvalue weighted by Crippen LogP contribution is 2.39. The lowest BCUT2D eigenvalue weighted by molar-refractivity contribution is -0.136. The summed E-state index contributed by atoms with van der Waals surface area (Å²) in [5, 5.41) is 5.23. The molecule has 2 aliphatic rings. The average molecular weight is 358 g/mol. The van der Waals surface area contributed by atoms with Gasteiger partial charge in [-0.15, -0.1) is 0 Å². The smallest absolute Gasteiger partial charge is 0.325 e. The van der Waals surface area contributed by atoms with Crippen LogP contribution in [0.2, 0.25) is 0 Å². The van der Waals surface area contributed by atoms with E-state index < -0.39 is 29.9 Å². The van der Waals surface area contributed by atoms with Gasteiger partial charge in [0.25, 0.3) is 5.91 Å². The van der Waals surface area contributed by atoms with Gasteiger partial charge >= 0.3 is 6.03 Å². The second kappa shape index (κ2) is 6.78. The predicted octanol–water partition coefficient (Wildman–Crippen LogP) is -0.0256. The van der Waals surface area contributed by atoms with Gasteiger partial charge in [0.1, 0.15) is 12.1 Å². The molecule has 1 aromatic carbocycles. The number of imide groups is 1. The fourth-order valence-corrected chi connectivity index (χ4v) is 3.49. The lowest BCUT2D eigenvalue weighted by Gasteiger charge is -2.33. The minimum Gasteiger partial charge on any atom is -0.347 e. The summed E-state index contributed by atoms with van der Waals surface area (Å²) in [4.78, 5) is 51.3. The fourth-order valence-electron chi connectivity index (χ4n) is 3.49. The molecule has 1 aromatic rings. The number of nitrogens with zero attached hydrogens (tertiary/aromatic N) is 2. The van der Waals surface area contributed by atoms with Crippen molar-refractivity contribution in [1.29, 1.82) is 0 Å². The lowest BCUT2D eigenvalue weighted by Crippen LogP contribution is -2.47. The van der Waals surface area contributed by atoms with Crippen LogP contribution in [0, 0.1) is 0 Å². The third-order valence-electron chi connectivity index (χ3n) is 4.89. The van der Waals surface area contributed by atoms with E-state index in [9.17, 15) is 19.2 Å². The molecule has 1 spiro atoms. The van der Waals surface area contributed by atoms with Crippen LogP contribution in [-0.2, 0) is 26.3 Å². The van der Waals surface area contributed by atoms with Crippen molar-refractivity contribution in [2.45, 2.75) is 24.8 Å². The van der Waals surface area contributed by atoms with Crippen LogP contribution in [0.15, 0.2) is 24.3 Å². The van der Waals surface area contributed by atoms with E-state index in [-0.39, 0.29) is 12.5 Å². The Balaban J connectivity index is 1.74. The summed E-state index contributed by atoms with van der Waals surface area (Å²) in [5.41, 5.74) is 0.747. The highest BCUT2D eigenvalue weighted by atomic mass is 16.2. The van der Waals surface area contributed by atoms with Crippen LogP contribution in [-0.4, -0.2) is 60.7 Å². The summed E-state index contributed by atoms with van der Waals surface area (Å²) in [6.07, 6.45) is 2.14. The SMILES string of the molecule is CN(C)C(=O)CNC(=O)CN1C(=O)N[C@]2(CCCc3ccccc32)C1=O. The minimum atomic E-state index is -1.09. The van der Waals surface area contributed by atoms with E-state index in [1.165, 1.54) is 4.90 Å². The molecule has 1 atom stereocenters. The first-order valence-corrected chi connectivity index (χ1v) is 8.54. The molecule has 1 saturated heterocycles. The molecule has 138 valence electrons. The summed E-state index contributed by atoms with van der Waals surface area (Å²) < 4.78 is 0. The van der Waals surface area contributed by atoms with Gasteiger partial charge in [0.2, 0.25) is 11.8 Å². The predicted molar refractivity (Wildman–Crippen MR) is 93.0 cm³/mol. The Kier molecular flexibility index (Phi) is 4.67. The maximum atomic E-state index is 13.0. The molecule has 3 rings (SSSR count). The third-order valence-corrected chi connectivity index (χ3v) is 4.89. The van der Waals surface area contributed by atoms with Gasteiger partial charge in [0.05, 0.1) is 6.54 Å². The molecule has 2 N–H and O–H groups in total. The Morgan fingerprint density at radius 3 is 2.73 bits per heavy atom. The summed E-state index contributed by atoms with van der Waals surface area (Å²) >= 11 is 0. The van der Waals surface area contributed by atoms with E-state index >= 15 is 0 Å². The number of hydrogen-bond acceptors (Lipinski definition) is 4. The number of aryl methyl sites for hydroxylation is 1. The van der Waals surface area contributed by atoms with Crippen molar-refractivity contribution in [2.75, 3.05) is 27.2 Å². The van der Waals surface area contributed by atoms with E-state index in [1.807, 2.05) is 24.3 Å². The molecular weight excluding hydrogens is 336 g/mol. The number of hydrogen-bond donors (Lipinski definition) is 2. The van der Waals surface area contributed by atoms with Gasteiger partial charge in [-0.25, -0.2) is 4.79 Å². The van der Waals surface area contributed by atoms with Gasteiger partial charge in [-0.05, 0) is 30.4 Å². The molecule has 5 amide bonds. The molecule has 0 aromatic heterocycles. The van der Waals surface area contributed by atoms with Crippen LogP contribution in [0.1, 0.15) is 24.0 Å². The highest BCUT2D eigenvalue weighted by molar-refractivity contribution is 6.09. The van der Waals surface area contributed by atoms with Crippen molar-refractivity contribution in [3.63, 3.8) is 0 Å². The minimum absolute atomic E-state index is 0.177. The van der Waals surface area contributed by atoms with Crippen LogP contribution in [0.4, 0.5) is 4.79 Å². The molecule has 1 fully saturated rings. The molecule has 8 heteroatoms. The van der Waals surface area contributed by atoms with E-state index in [1.54, 1.807) is 14.1 Å². The zero-order valence-corrected chi connectivity index (χ0v) is 14.9. The van der Waals surface area contributed by atoms with Crippen LogP contribution in [0.3, 0.4) is 0 Å². The van der Waals surface area contributed by atoms with Crippen molar-refractivity contribution in [3.8, 4) is 0 Å². The standard InChI is InChI=1S/C18H22N4O4/c1-21(2)15(24)10-19-14(23)11-22-16(25)18(20-17(22)26)9-5-7-12-6-3-4-8-13(12)18/h3-4,6,8H,5,7,9-11H2,1-2H3,(H,19,23)(H,20,26)/t18-/m0/s1. The molecule has 0 unspecified atom stereocenters. The molecule has 0 radical (unpaired) electrons. The van der Waals surface area contributed by atoms with Crippen LogP contribution in [0.5, 0.6) is 0 Å². The summed E-state index contributed by atoms with van der Waals surface area (Å²) in [5.74, 6) is -1.23. The van der Waals surface area contributed by atoms with Crippen LogP contribution in [0.25, 0.3) is 0 Å². The molecular formula is C18H22N4O4. The third kappa shape index (κ3) is 3.02. The monoisotopic (exact) mass is 358 g/mol. The number of fused-ring (bicyclic) bond motifs is 2. The first-order chi connectivity index (χ1) is 12.3. The topological polar surface area (TPSA) is 98.8 Å². The molecule has 0 saturated carbocycles. The molecule has 8 nitrogen and oxygen atoms in total. The van der Waals surface area contributed by atoms with E-state index in [0.29, 0.717) is 6.42 Å². The first kappa shape index (κ1) is 17.9. The van der Waals surface area contributed by atoms with E-state index in [2.05, 4.69) is 10.6 Å². The summed E-state index contributed by atoms with van der Waals surface area (Å²) in [6, 6.07) is 6.98. The molecule has 0 bridgehead atoms. The molecule has 1 heterocycles. The second-order valence-corrected chi connectivity index (χ2v) is 6.80. The second-order valence-electron chi connectivity index (χ2n) is 6.80. The van der Waals surface area contributed by atoms with Gasteiger partial charge < -0.3 is 15.5 Å². The summed E-state index contributed by atoms with van der Waals surface area (Å²) in [6.45, 7) is -0.585. The Hall–Kier alpha value is -2.90. The number of amides is 5. The van der Waals surface area contributed by atoms with Crippen molar-refractivity contribution in [2.24, 2.45) is 0 Å². The Labute approximate surface area is 151 Å². The fraction of sp³-hybridized carbons (Fsp3) is 0.444. The zero-order chi connectivity index (χ0) is 18.9. The van der Waals surface area contributed by atoms with E-state index in [4.69, 9.17) is 0 Å². The van der Waals surface area contributed by atoms with Crippen molar-refractivity contribution in [3.05, 3.63) is 35.4 Å². The van der Waals surface area contributed by atoms with Crippen molar-refractivity contribution in [1.82, 2.24) is 20.4 Å². The van der Waals surface area contributed by atoms with Crippen molar-refractivity contribution >= 4 is 23.8 Å². The van der Waals surface area contributed by atoms with Gasteiger partial charge in [-0.1, -0.05) is 24.3 Å². The van der Waals surface area contributed by atoms with Gasteiger partial charge in [-0.3, -0.25) is 19.3 Å². The normalized spacial score (nSPS) is 21.4. The number of nitrogens with one attached hydrogen (secondary N) is 2. The van der Waals surface area contributed by atoms with Crippen LogP contribution < -0.4 is 10.6 Å². The average Bonchev–Trinajstić information content (AvgIpc) is 2.85. The number of rotatable bonds is 4. The number of likely N-dealkylation sites (N-methyl/N-ethyl adjacent to an activating group) is 1. The maximum Gasteiger partial charge on any atom is 0.325 e. The Morgan fingerprint density at radius 2 is 2.00 bits per heavy atom. The lowest BCUT2D eigenvalue weighted by atomic mass is 9.76. The maximum absolute atomic E-state index is 13.0. The molecule has 1 aliphatic carbocycles. The van der Waals surface area contributed by atoms with Gasteiger partial charge in [-0.2, -0.15) is 0 Å². The van der Waals surface area contributed by atoms with Crippen LogP contribution >= 0.6 is 0 Å². The van der Waals surface area contributed by atoms with Gasteiger partial charge in [0.15, 0.2) is 0 Å². The number of urea groups is 1. The number of carbonyl (C=O) groups is 4. The van der Waals surface area contributed by atoms with Gasteiger partial charge in [0, 0.05) is 14.1 Å². The Morgan fingerprint density at radius 1 is 1.27 bits per heavy atom.